The SMILES string of the molecule is CCCCCC1CCC(C2CCC(c3ccc(C4=CCC(c5ccc(CCC)c(F)c5)CC4)c(F)c3)CC2)CC1. The van der Waals surface area contributed by atoms with Crippen molar-refractivity contribution in [3.8, 4) is 0 Å². The highest BCUT2D eigenvalue weighted by atomic mass is 19.1. The molecule has 0 amide bonds. The number of aryl methyl sites for hydroxylation is 1. The minimum atomic E-state index is -0.0741. The maximum atomic E-state index is 15.4. The van der Waals surface area contributed by atoms with Crippen molar-refractivity contribution in [2.24, 2.45) is 17.8 Å². The van der Waals surface area contributed by atoms with Crippen molar-refractivity contribution in [2.75, 3.05) is 0 Å². The second kappa shape index (κ2) is 14.3. The van der Waals surface area contributed by atoms with Crippen LogP contribution in [0.25, 0.3) is 5.57 Å². The zero-order valence-corrected chi connectivity index (χ0v) is 25.2. The predicted molar refractivity (Wildman–Crippen MR) is 166 cm³/mol. The van der Waals surface area contributed by atoms with Crippen LogP contribution in [0.4, 0.5) is 8.78 Å². The van der Waals surface area contributed by atoms with E-state index in [4.69, 9.17) is 0 Å². The maximum absolute atomic E-state index is 15.4. The van der Waals surface area contributed by atoms with E-state index in [1.54, 1.807) is 6.07 Å². The molecule has 1 unspecified atom stereocenters. The van der Waals surface area contributed by atoms with Gasteiger partial charge in [0.15, 0.2) is 0 Å². The Balaban J connectivity index is 1.12. The number of hydrogen-bond donors (Lipinski definition) is 0. The molecule has 2 aromatic rings. The summed E-state index contributed by atoms with van der Waals surface area (Å²) >= 11 is 0. The van der Waals surface area contributed by atoms with Gasteiger partial charge in [0.2, 0.25) is 0 Å². The number of halogens is 2. The molecule has 40 heavy (non-hydrogen) atoms. The van der Waals surface area contributed by atoms with Gasteiger partial charge in [-0.3, -0.25) is 0 Å². The van der Waals surface area contributed by atoms with Crippen molar-refractivity contribution in [1.82, 2.24) is 0 Å². The molecule has 1 atom stereocenters. The molecule has 0 aliphatic heterocycles. The van der Waals surface area contributed by atoms with Crippen LogP contribution in [-0.2, 0) is 6.42 Å². The molecule has 0 bridgehead atoms. The summed E-state index contributed by atoms with van der Waals surface area (Å²) in [5.41, 5.74) is 5.00. The van der Waals surface area contributed by atoms with E-state index < -0.39 is 0 Å². The van der Waals surface area contributed by atoms with Gasteiger partial charge in [-0.2, -0.15) is 0 Å². The highest BCUT2D eigenvalue weighted by molar-refractivity contribution is 5.67. The third kappa shape index (κ3) is 7.27. The van der Waals surface area contributed by atoms with Crippen molar-refractivity contribution < 1.29 is 8.78 Å². The summed E-state index contributed by atoms with van der Waals surface area (Å²) in [7, 11) is 0. The largest absolute Gasteiger partial charge is 0.207 e. The fraction of sp³-hybridized carbons (Fsp3) is 0.632. The van der Waals surface area contributed by atoms with E-state index in [1.165, 1.54) is 82.6 Å². The van der Waals surface area contributed by atoms with Gasteiger partial charge in [-0.05, 0) is 128 Å². The molecular formula is C38H52F2. The molecule has 0 radical (unpaired) electrons. The van der Waals surface area contributed by atoms with E-state index in [2.05, 4.69) is 32.1 Å². The molecule has 0 heterocycles. The molecule has 2 aromatic carbocycles. The molecule has 0 N–H and O–H groups in total. The fourth-order valence-electron chi connectivity index (χ4n) is 8.27. The fourth-order valence-corrected chi connectivity index (χ4v) is 8.27. The average molecular weight is 547 g/mol. The standard InChI is InChI=1S/C38H52F2/c1-3-5-6-8-27-9-11-28(12-10-27)29-13-15-30(16-14-29)35-23-24-36(38(40)26-35)32-19-17-31(18-20-32)34-22-21-33(7-4-2)37(39)25-34/h19,21-31H,3-18,20H2,1-2H3. The van der Waals surface area contributed by atoms with E-state index in [0.29, 0.717) is 11.8 Å². The van der Waals surface area contributed by atoms with Gasteiger partial charge in [-0.1, -0.05) is 89.1 Å². The van der Waals surface area contributed by atoms with E-state index in [1.807, 2.05) is 18.2 Å². The van der Waals surface area contributed by atoms with Gasteiger partial charge in [-0.25, -0.2) is 8.78 Å². The van der Waals surface area contributed by atoms with E-state index in [9.17, 15) is 4.39 Å². The van der Waals surface area contributed by atoms with Crippen LogP contribution < -0.4 is 0 Å². The lowest BCUT2D eigenvalue weighted by Gasteiger charge is -2.38. The maximum Gasteiger partial charge on any atom is 0.130 e. The van der Waals surface area contributed by atoms with Crippen molar-refractivity contribution in [3.63, 3.8) is 0 Å². The molecule has 0 saturated heterocycles. The summed E-state index contributed by atoms with van der Waals surface area (Å²) in [5, 5.41) is 0. The van der Waals surface area contributed by atoms with Gasteiger partial charge in [0.05, 0.1) is 0 Å². The number of benzene rings is 2. The Kier molecular flexibility index (Phi) is 10.5. The number of allylic oxidation sites excluding steroid dienone is 2. The first kappa shape index (κ1) is 29.5. The van der Waals surface area contributed by atoms with Gasteiger partial charge < -0.3 is 0 Å². The van der Waals surface area contributed by atoms with Gasteiger partial charge in [0.25, 0.3) is 0 Å². The smallest absolute Gasteiger partial charge is 0.130 e. The Bertz CT molecular complexity index is 1110. The summed E-state index contributed by atoms with van der Waals surface area (Å²) in [5.74, 6) is 3.54. The lowest BCUT2D eigenvalue weighted by molar-refractivity contribution is 0.155. The van der Waals surface area contributed by atoms with Crippen LogP contribution in [0.2, 0.25) is 0 Å². The molecule has 2 saturated carbocycles. The minimum absolute atomic E-state index is 0.0549. The van der Waals surface area contributed by atoms with Crippen LogP contribution in [-0.4, -0.2) is 0 Å². The summed E-state index contributed by atoms with van der Waals surface area (Å²) in [4.78, 5) is 0. The first-order valence-electron chi connectivity index (χ1n) is 16.8. The molecular weight excluding hydrogens is 494 g/mol. The molecule has 3 aliphatic carbocycles. The zero-order chi connectivity index (χ0) is 27.9. The van der Waals surface area contributed by atoms with Crippen molar-refractivity contribution in [1.29, 1.82) is 0 Å². The molecule has 0 nitrogen and oxygen atoms in total. The quantitative estimate of drug-likeness (QED) is 0.260. The monoisotopic (exact) mass is 546 g/mol. The van der Waals surface area contributed by atoms with Crippen LogP contribution in [0.5, 0.6) is 0 Å². The Morgan fingerprint density at radius 3 is 1.98 bits per heavy atom. The van der Waals surface area contributed by atoms with Crippen LogP contribution >= 0.6 is 0 Å². The zero-order valence-electron chi connectivity index (χ0n) is 25.2. The highest BCUT2D eigenvalue weighted by Gasteiger charge is 2.31. The number of unbranched alkanes of at least 4 members (excludes halogenated alkanes) is 2. The first-order valence-corrected chi connectivity index (χ1v) is 16.8. The summed E-state index contributed by atoms with van der Waals surface area (Å²) < 4.78 is 29.9. The second-order valence-corrected chi connectivity index (χ2v) is 13.4. The van der Waals surface area contributed by atoms with Crippen LogP contribution in [0, 0.1) is 29.4 Å². The lowest BCUT2D eigenvalue weighted by Crippen LogP contribution is -2.25. The Hall–Kier alpha value is -1.96. The minimum Gasteiger partial charge on any atom is -0.207 e. The molecule has 0 spiro atoms. The first-order chi connectivity index (χ1) is 19.6. The van der Waals surface area contributed by atoms with Gasteiger partial charge >= 0.3 is 0 Å². The third-order valence-electron chi connectivity index (χ3n) is 10.8. The molecule has 2 fully saturated rings. The highest BCUT2D eigenvalue weighted by Crippen LogP contribution is 2.45. The van der Waals surface area contributed by atoms with Gasteiger partial charge in [-0.15, -0.1) is 0 Å². The van der Waals surface area contributed by atoms with Gasteiger partial charge in [0, 0.05) is 5.56 Å². The third-order valence-corrected chi connectivity index (χ3v) is 10.8. The molecule has 5 rings (SSSR count). The van der Waals surface area contributed by atoms with E-state index >= 15 is 4.39 Å². The molecule has 3 aliphatic rings. The van der Waals surface area contributed by atoms with Crippen LogP contribution in [0.15, 0.2) is 42.5 Å². The van der Waals surface area contributed by atoms with Crippen LogP contribution in [0.1, 0.15) is 151 Å². The van der Waals surface area contributed by atoms with Crippen molar-refractivity contribution in [3.05, 3.63) is 76.4 Å². The van der Waals surface area contributed by atoms with Crippen molar-refractivity contribution >= 4 is 5.57 Å². The second-order valence-electron chi connectivity index (χ2n) is 13.4. The topological polar surface area (TPSA) is 0 Å². The van der Waals surface area contributed by atoms with Crippen molar-refractivity contribution in [2.45, 2.75) is 135 Å². The van der Waals surface area contributed by atoms with E-state index in [-0.39, 0.29) is 11.6 Å². The van der Waals surface area contributed by atoms with E-state index in [0.717, 1.165) is 72.1 Å². The number of hydrogen-bond acceptors (Lipinski definition) is 0. The Morgan fingerprint density at radius 1 is 0.675 bits per heavy atom. The summed E-state index contributed by atoms with van der Waals surface area (Å²) in [6, 6.07) is 11.9. The molecule has 2 heteroatoms. The normalized spacial score (nSPS) is 27.4. The number of rotatable bonds is 10. The molecule has 0 aromatic heterocycles. The summed E-state index contributed by atoms with van der Waals surface area (Å²) in [6.07, 6.45) is 23.1. The average Bonchev–Trinajstić information content (AvgIpc) is 2.99. The van der Waals surface area contributed by atoms with Gasteiger partial charge in [0.1, 0.15) is 11.6 Å². The Labute approximate surface area is 243 Å². The summed E-state index contributed by atoms with van der Waals surface area (Å²) in [6.45, 7) is 4.39. The molecule has 218 valence electrons. The Morgan fingerprint density at radius 2 is 1.35 bits per heavy atom. The lowest BCUT2D eigenvalue weighted by atomic mass is 9.68. The van der Waals surface area contributed by atoms with Crippen LogP contribution in [0.3, 0.4) is 0 Å². The predicted octanol–water partition coefficient (Wildman–Crippen LogP) is 11.9.